The molecule has 2 aromatic rings. The Kier molecular flexibility index (Phi) is 5.64. The van der Waals surface area contributed by atoms with Gasteiger partial charge in [-0.15, -0.1) is 0 Å². The quantitative estimate of drug-likeness (QED) is 0.804. The third-order valence-electron chi connectivity index (χ3n) is 5.51. The van der Waals surface area contributed by atoms with Crippen LogP contribution in [0.5, 0.6) is 0 Å². The van der Waals surface area contributed by atoms with Gasteiger partial charge in [-0.05, 0) is 30.8 Å². The Labute approximate surface area is 166 Å². The molecule has 0 aliphatic carbocycles. The lowest BCUT2D eigenvalue weighted by atomic mass is 10.2. The molecule has 0 bridgehead atoms. The van der Waals surface area contributed by atoms with E-state index >= 15 is 0 Å². The highest BCUT2D eigenvalue weighted by atomic mass is 35.5. The SMILES string of the molecule is CCN1CCN(c2nccc(N3CCN(c4cccc(Cl)c4)CC3)n2)CC1. The summed E-state index contributed by atoms with van der Waals surface area (Å²) in [7, 11) is 0. The van der Waals surface area contributed by atoms with Crippen LogP contribution in [0.2, 0.25) is 5.02 Å². The largest absolute Gasteiger partial charge is 0.368 e. The van der Waals surface area contributed by atoms with Crippen LogP contribution in [0.3, 0.4) is 0 Å². The van der Waals surface area contributed by atoms with E-state index in [1.807, 2.05) is 30.5 Å². The van der Waals surface area contributed by atoms with Gasteiger partial charge in [0.05, 0.1) is 0 Å². The second-order valence-corrected chi connectivity index (χ2v) is 7.53. The van der Waals surface area contributed by atoms with Gasteiger partial charge in [0.15, 0.2) is 0 Å². The molecule has 2 aliphatic rings. The number of hydrogen-bond acceptors (Lipinski definition) is 6. The molecule has 0 amide bonds. The lowest BCUT2D eigenvalue weighted by Crippen LogP contribution is -2.48. The number of benzene rings is 1. The maximum absolute atomic E-state index is 6.14. The molecule has 0 spiro atoms. The Hall–Kier alpha value is -2.05. The summed E-state index contributed by atoms with van der Waals surface area (Å²) in [6.45, 7) is 11.3. The molecule has 2 saturated heterocycles. The van der Waals surface area contributed by atoms with Crippen molar-refractivity contribution < 1.29 is 0 Å². The van der Waals surface area contributed by atoms with E-state index in [-0.39, 0.29) is 0 Å². The molecule has 4 rings (SSSR count). The van der Waals surface area contributed by atoms with Crippen molar-refractivity contribution in [2.45, 2.75) is 6.92 Å². The van der Waals surface area contributed by atoms with Crippen molar-refractivity contribution in [3.8, 4) is 0 Å². The van der Waals surface area contributed by atoms with Gasteiger partial charge in [0.1, 0.15) is 5.82 Å². The molecule has 0 atom stereocenters. The van der Waals surface area contributed by atoms with Crippen molar-refractivity contribution in [2.24, 2.45) is 0 Å². The van der Waals surface area contributed by atoms with Crippen LogP contribution >= 0.6 is 11.6 Å². The first kappa shape index (κ1) is 18.3. The Balaban J connectivity index is 1.39. The first-order valence-electron chi connectivity index (χ1n) is 9.79. The summed E-state index contributed by atoms with van der Waals surface area (Å²) in [4.78, 5) is 18.9. The minimum absolute atomic E-state index is 0.790. The molecule has 2 aliphatic heterocycles. The molecule has 27 heavy (non-hydrogen) atoms. The number of halogens is 1. The number of anilines is 3. The third kappa shape index (κ3) is 4.28. The van der Waals surface area contributed by atoms with Gasteiger partial charge in [-0.1, -0.05) is 24.6 Å². The summed E-state index contributed by atoms with van der Waals surface area (Å²) < 4.78 is 0. The average Bonchev–Trinajstić information content (AvgIpc) is 2.74. The maximum Gasteiger partial charge on any atom is 0.227 e. The third-order valence-corrected chi connectivity index (χ3v) is 5.74. The summed E-state index contributed by atoms with van der Waals surface area (Å²) in [5.41, 5.74) is 1.19. The molecule has 7 heteroatoms. The maximum atomic E-state index is 6.14. The van der Waals surface area contributed by atoms with Gasteiger partial charge in [0, 0.05) is 69.3 Å². The van der Waals surface area contributed by atoms with Gasteiger partial charge in [0.25, 0.3) is 0 Å². The monoisotopic (exact) mass is 386 g/mol. The number of hydrogen-bond donors (Lipinski definition) is 0. The molecule has 3 heterocycles. The molecular weight excluding hydrogens is 360 g/mol. The van der Waals surface area contributed by atoms with Crippen molar-refractivity contribution in [3.63, 3.8) is 0 Å². The fraction of sp³-hybridized carbons (Fsp3) is 0.500. The van der Waals surface area contributed by atoms with Crippen LogP contribution in [-0.2, 0) is 0 Å². The normalized spacial score (nSPS) is 18.8. The molecule has 144 valence electrons. The molecule has 1 aromatic carbocycles. The van der Waals surface area contributed by atoms with Crippen molar-refractivity contribution in [2.75, 3.05) is 73.6 Å². The molecular formula is C20H27ClN6. The van der Waals surface area contributed by atoms with Crippen molar-refractivity contribution >= 4 is 29.1 Å². The summed E-state index contributed by atoms with van der Waals surface area (Å²) in [5.74, 6) is 1.89. The summed E-state index contributed by atoms with van der Waals surface area (Å²) in [5, 5.41) is 0.790. The van der Waals surface area contributed by atoms with Crippen LogP contribution in [-0.4, -0.2) is 73.8 Å². The topological polar surface area (TPSA) is 38.7 Å². The van der Waals surface area contributed by atoms with E-state index in [0.717, 1.165) is 75.7 Å². The number of piperazine rings is 2. The van der Waals surface area contributed by atoms with Crippen molar-refractivity contribution in [1.82, 2.24) is 14.9 Å². The minimum Gasteiger partial charge on any atom is -0.368 e. The smallest absolute Gasteiger partial charge is 0.227 e. The van der Waals surface area contributed by atoms with Crippen LogP contribution in [0, 0.1) is 0 Å². The lowest BCUT2D eigenvalue weighted by Gasteiger charge is -2.37. The van der Waals surface area contributed by atoms with Crippen molar-refractivity contribution in [1.29, 1.82) is 0 Å². The molecule has 2 fully saturated rings. The predicted octanol–water partition coefficient (Wildman–Crippen LogP) is 2.60. The highest BCUT2D eigenvalue weighted by Crippen LogP contribution is 2.23. The number of aromatic nitrogens is 2. The zero-order valence-corrected chi connectivity index (χ0v) is 16.6. The standard InChI is InChI=1S/C20H27ClN6/c1-2-24-8-10-27(11-9-24)20-22-7-6-19(23-20)26-14-12-25(13-15-26)18-5-3-4-17(21)16-18/h3-7,16H,2,8-15H2,1H3. The minimum atomic E-state index is 0.790. The fourth-order valence-electron chi connectivity index (χ4n) is 3.80. The van der Waals surface area contributed by atoms with Crippen LogP contribution in [0.25, 0.3) is 0 Å². The van der Waals surface area contributed by atoms with Crippen LogP contribution in [0.1, 0.15) is 6.92 Å². The average molecular weight is 387 g/mol. The van der Waals surface area contributed by atoms with Crippen molar-refractivity contribution in [3.05, 3.63) is 41.6 Å². The highest BCUT2D eigenvalue weighted by molar-refractivity contribution is 6.30. The van der Waals surface area contributed by atoms with Gasteiger partial charge in [-0.3, -0.25) is 0 Å². The molecule has 1 aromatic heterocycles. The Morgan fingerprint density at radius 1 is 0.889 bits per heavy atom. The molecule has 0 N–H and O–H groups in total. The Morgan fingerprint density at radius 3 is 2.30 bits per heavy atom. The molecule has 0 saturated carbocycles. The number of likely N-dealkylation sites (N-methyl/N-ethyl adjacent to an activating group) is 1. The number of nitrogens with zero attached hydrogens (tertiary/aromatic N) is 6. The summed E-state index contributed by atoms with van der Waals surface area (Å²) >= 11 is 6.14. The summed E-state index contributed by atoms with van der Waals surface area (Å²) in [6.07, 6.45) is 1.90. The Bertz CT molecular complexity index is 754. The fourth-order valence-corrected chi connectivity index (χ4v) is 3.98. The lowest BCUT2D eigenvalue weighted by molar-refractivity contribution is 0.270. The van der Waals surface area contributed by atoms with Crippen LogP contribution < -0.4 is 14.7 Å². The molecule has 6 nitrogen and oxygen atoms in total. The predicted molar refractivity (Wildman–Crippen MR) is 112 cm³/mol. The number of rotatable bonds is 4. The van der Waals surface area contributed by atoms with Gasteiger partial charge in [-0.2, -0.15) is 4.98 Å². The zero-order valence-electron chi connectivity index (χ0n) is 15.9. The molecule has 0 radical (unpaired) electrons. The van der Waals surface area contributed by atoms with Gasteiger partial charge in [0.2, 0.25) is 5.95 Å². The van der Waals surface area contributed by atoms with E-state index in [0.29, 0.717) is 0 Å². The first-order chi connectivity index (χ1) is 13.2. The van der Waals surface area contributed by atoms with E-state index in [2.05, 4.69) is 37.6 Å². The van der Waals surface area contributed by atoms with E-state index < -0.39 is 0 Å². The van der Waals surface area contributed by atoms with Gasteiger partial charge >= 0.3 is 0 Å². The highest BCUT2D eigenvalue weighted by Gasteiger charge is 2.21. The summed E-state index contributed by atoms with van der Waals surface area (Å²) in [6, 6.07) is 10.1. The van der Waals surface area contributed by atoms with E-state index in [4.69, 9.17) is 16.6 Å². The van der Waals surface area contributed by atoms with E-state index in [1.54, 1.807) is 0 Å². The second-order valence-electron chi connectivity index (χ2n) is 7.09. The first-order valence-corrected chi connectivity index (χ1v) is 10.2. The molecule has 0 unspecified atom stereocenters. The van der Waals surface area contributed by atoms with Crippen LogP contribution in [0.15, 0.2) is 36.5 Å². The Morgan fingerprint density at radius 2 is 1.59 bits per heavy atom. The van der Waals surface area contributed by atoms with Crippen LogP contribution in [0.4, 0.5) is 17.5 Å². The zero-order chi connectivity index (χ0) is 18.6. The second kappa shape index (κ2) is 8.31. The van der Waals surface area contributed by atoms with Gasteiger partial charge < -0.3 is 19.6 Å². The van der Waals surface area contributed by atoms with E-state index in [1.165, 1.54) is 5.69 Å². The van der Waals surface area contributed by atoms with Gasteiger partial charge in [-0.25, -0.2) is 4.98 Å². The van der Waals surface area contributed by atoms with E-state index in [9.17, 15) is 0 Å².